The van der Waals surface area contributed by atoms with Crippen LogP contribution in [0, 0.1) is 5.92 Å². The number of anilines is 4. The highest BCUT2D eigenvalue weighted by Crippen LogP contribution is 2.28. The average Bonchev–Trinajstić information content (AvgIpc) is 3.42. The molecular weight excluding hydrogens is 478 g/mol. The number of carbonyl (C=O) groups excluding carboxylic acids is 2. The third-order valence-corrected chi connectivity index (χ3v) is 7.11. The summed E-state index contributed by atoms with van der Waals surface area (Å²) in [7, 11) is 3.64. The van der Waals surface area contributed by atoms with Crippen molar-refractivity contribution in [3.05, 3.63) is 78.1 Å². The molecule has 4 aromatic rings. The van der Waals surface area contributed by atoms with Crippen LogP contribution in [0.2, 0.25) is 0 Å². The van der Waals surface area contributed by atoms with Crippen LogP contribution in [-0.4, -0.2) is 53.9 Å². The van der Waals surface area contributed by atoms with Gasteiger partial charge in [0.2, 0.25) is 5.91 Å². The highest BCUT2D eigenvalue weighted by atomic mass is 16.2. The summed E-state index contributed by atoms with van der Waals surface area (Å²) in [6.45, 7) is 2.25. The van der Waals surface area contributed by atoms with Gasteiger partial charge in [-0.05, 0) is 54.8 Å². The summed E-state index contributed by atoms with van der Waals surface area (Å²) in [4.78, 5) is 35.9. The molecule has 9 heteroatoms. The van der Waals surface area contributed by atoms with E-state index in [0.717, 1.165) is 53.8 Å². The Kier molecular flexibility index (Phi) is 7.17. The first kappa shape index (κ1) is 25.1. The number of nitrogens with two attached hydrogens (primary N) is 1. The number of pyridine rings is 1. The zero-order valence-electron chi connectivity index (χ0n) is 21.7. The number of aromatic amines is 1. The lowest BCUT2D eigenvalue weighted by Gasteiger charge is -2.34. The Morgan fingerprint density at radius 2 is 1.87 bits per heavy atom. The molecule has 2 amide bonds. The molecule has 0 spiro atoms. The predicted molar refractivity (Wildman–Crippen MR) is 152 cm³/mol. The molecule has 0 radical (unpaired) electrons. The molecular formula is C29H33N7O2. The Morgan fingerprint density at radius 1 is 1.11 bits per heavy atom. The van der Waals surface area contributed by atoms with Crippen molar-refractivity contribution in [2.75, 3.05) is 42.7 Å². The molecule has 0 bridgehead atoms. The van der Waals surface area contributed by atoms with E-state index in [1.807, 2.05) is 50.6 Å². The van der Waals surface area contributed by atoms with Crippen molar-refractivity contribution in [2.45, 2.75) is 19.4 Å². The van der Waals surface area contributed by atoms with Gasteiger partial charge in [-0.3, -0.25) is 9.59 Å². The maximum atomic E-state index is 12.3. The Morgan fingerprint density at radius 3 is 2.58 bits per heavy atom. The monoisotopic (exact) mass is 511 g/mol. The largest absolute Gasteiger partial charge is 0.380 e. The molecule has 2 aromatic heterocycles. The maximum Gasteiger partial charge on any atom is 0.252 e. The van der Waals surface area contributed by atoms with Gasteiger partial charge in [0.1, 0.15) is 5.82 Å². The maximum absolute atomic E-state index is 12.3. The van der Waals surface area contributed by atoms with Gasteiger partial charge in [-0.15, -0.1) is 0 Å². The molecule has 2 aromatic carbocycles. The van der Waals surface area contributed by atoms with Gasteiger partial charge in [0.25, 0.3) is 5.91 Å². The zero-order chi connectivity index (χ0) is 26.6. The van der Waals surface area contributed by atoms with Crippen molar-refractivity contribution in [2.24, 2.45) is 11.7 Å². The molecule has 3 heterocycles. The van der Waals surface area contributed by atoms with Crippen molar-refractivity contribution in [3.8, 4) is 0 Å². The second-order valence-electron chi connectivity index (χ2n) is 9.85. The molecule has 196 valence electrons. The fraction of sp³-hybridized carbons (Fsp3) is 0.276. The van der Waals surface area contributed by atoms with E-state index in [1.54, 1.807) is 11.0 Å². The van der Waals surface area contributed by atoms with Crippen LogP contribution in [0.15, 0.2) is 67.0 Å². The lowest BCUT2D eigenvalue weighted by molar-refractivity contribution is -0.133. The molecule has 1 fully saturated rings. The quantitative estimate of drug-likeness (QED) is 0.280. The van der Waals surface area contributed by atoms with Crippen molar-refractivity contribution in [1.82, 2.24) is 14.9 Å². The number of hydrogen-bond acceptors (Lipinski definition) is 6. The Hall–Kier alpha value is -4.53. The lowest BCUT2D eigenvalue weighted by Crippen LogP contribution is -2.40. The van der Waals surface area contributed by atoms with Gasteiger partial charge in [-0.2, -0.15) is 0 Å². The van der Waals surface area contributed by atoms with E-state index in [9.17, 15) is 9.59 Å². The minimum atomic E-state index is -0.535. The Balaban J connectivity index is 1.25. The highest BCUT2D eigenvalue weighted by Gasteiger charge is 2.26. The van der Waals surface area contributed by atoms with Gasteiger partial charge in [-0.25, -0.2) is 4.98 Å². The van der Waals surface area contributed by atoms with Gasteiger partial charge in [-0.1, -0.05) is 12.1 Å². The first-order chi connectivity index (χ1) is 18.4. The number of hydrogen-bond donors (Lipinski definition) is 4. The van der Waals surface area contributed by atoms with E-state index in [-0.39, 0.29) is 11.8 Å². The fourth-order valence-electron chi connectivity index (χ4n) is 5.01. The van der Waals surface area contributed by atoms with Crippen LogP contribution < -0.4 is 21.3 Å². The van der Waals surface area contributed by atoms with E-state index in [1.165, 1.54) is 6.20 Å². The molecule has 0 saturated carbocycles. The van der Waals surface area contributed by atoms with Crippen molar-refractivity contribution < 1.29 is 9.59 Å². The van der Waals surface area contributed by atoms with E-state index in [2.05, 4.69) is 43.7 Å². The first-order valence-corrected chi connectivity index (χ1v) is 12.8. The standard InChI is InChI=1S/C29H33N7O2/c1-35(2)29(38)19-11-14-36(15-12-19)22-8-6-21(7-9-22)34-27-16-26(24(18-33-27)28(30)37)32-17-20-4-3-5-25-23(20)10-13-31-25/h3-10,13,16,18-19,31H,11-12,14-15,17H2,1-2H3,(H2,30,37)(H2,32,33,34). The van der Waals surface area contributed by atoms with Gasteiger partial charge in [0.05, 0.1) is 11.3 Å². The fourth-order valence-corrected chi connectivity index (χ4v) is 5.01. The molecule has 0 unspecified atom stereocenters. The van der Waals surface area contributed by atoms with Crippen LogP contribution in [0.1, 0.15) is 28.8 Å². The number of H-pyrrole nitrogens is 1. The highest BCUT2D eigenvalue weighted by molar-refractivity contribution is 5.98. The minimum absolute atomic E-state index is 0.107. The van der Waals surface area contributed by atoms with Crippen molar-refractivity contribution >= 4 is 45.6 Å². The molecule has 38 heavy (non-hydrogen) atoms. The van der Waals surface area contributed by atoms with Crippen molar-refractivity contribution in [3.63, 3.8) is 0 Å². The molecule has 0 atom stereocenters. The molecule has 1 aliphatic heterocycles. The summed E-state index contributed by atoms with van der Waals surface area (Å²) in [5.74, 6) is 0.393. The van der Waals surface area contributed by atoms with Crippen LogP contribution in [-0.2, 0) is 11.3 Å². The summed E-state index contributed by atoms with van der Waals surface area (Å²) < 4.78 is 0. The number of primary amides is 1. The SMILES string of the molecule is CN(C)C(=O)C1CCN(c2ccc(Nc3cc(NCc4cccc5[nH]ccc45)c(C(N)=O)cn3)cc2)CC1. The van der Waals surface area contributed by atoms with Crippen LogP contribution in [0.3, 0.4) is 0 Å². The van der Waals surface area contributed by atoms with E-state index in [0.29, 0.717) is 23.6 Å². The summed E-state index contributed by atoms with van der Waals surface area (Å²) >= 11 is 0. The van der Waals surface area contributed by atoms with Crippen LogP contribution in [0.25, 0.3) is 10.9 Å². The smallest absolute Gasteiger partial charge is 0.252 e. The number of carbonyl (C=O) groups is 2. The number of aromatic nitrogens is 2. The Bertz CT molecular complexity index is 1440. The average molecular weight is 512 g/mol. The normalized spacial score (nSPS) is 13.9. The lowest BCUT2D eigenvalue weighted by atomic mass is 9.95. The zero-order valence-corrected chi connectivity index (χ0v) is 21.7. The van der Waals surface area contributed by atoms with Crippen LogP contribution in [0.5, 0.6) is 0 Å². The van der Waals surface area contributed by atoms with Gasteiger partial charge < -0.3 is 31.2 Å². The number of piperidine rings is 1. The molecule has 1 aliphatic rings. The third kappa shape index (κ3) is 5.41. The summed E-state index contributed by atoms with van der Waals surface area (Å²) in [6, 6.07) is 18.1. The molecule has 9 nitrogen and oxygen atoms in total. The second kappa shape index (κ2) is 10.8. The van der Waals surface area contributed by atoms with Crippen LogP contribution >= 0.6 is 0 Å². The first-order valence-electron chi connectivity index (χ1n) is 12.8. The van der Waals surface area contributed by atoms with E-state index in [4.69, 9.17) is 5.73 Å². The Labute approximate surface area is 222 Å². The number of fused-ring (bicyclic) bond motifs is 1. The van der Waals surface area contributed by atoms with Gasteiger partial charge >= 0.3 is 0 Å². The molecule has 0 aliphatic carbocycles. The minimum Gasteiger partial charge on any atom is -0.380 e. The number of nitrogens with zero attached hydrogens (tertiary/aromatic N) is 3. The molecule has 5 rings (SSSR count). The third-order valence-electron chi connectivity index (χ3n) is 7.11. The summed E-state index contributed by atoms with van der Waals surface area (Å²) in [6.07, 6.45) is 5.14. The molecule has 5 N–H and O–H groups in total. The number of benzene rings is 2. The summed E-state index contributed by atoms with van der Waals surface area (Å²) in [5, 5.41) is 7.81. The van der Waals surface area contributed by atoms with E-state index >= 15 is 0 Å². The van der Waals surface area contributed by atoms with Gasteiger partial charge in [0.15, 0.2) is 0 Å². The predicted octanol–water partition coefficient (Wildman–Crippen LogP) is 4.32. The van der Waals surface area contributed by atoms with Gasteiger partial charge in [0, 0.05) is 80.4 Å². The second-order valence-corrected chi connectivity index (χ2v) is 9.85. The number of nitrogens with one attached hydrogen (secondary N) is 3. The number of amides is 2. The molecule has 1 saturated heterocycles. The van der Waals surface area contributed by atoms with E-state index < -0.39 is 5.91 Å². The number of rotatable bonds is 8. The van der Waals surface area contributed by atoms with Crippen molar-refractivity contribution in [1.29, 1.82) is 0 Å². The van der Waals surface area contributed by atoms with Crippen LogP contribution in [0.4, 0.5) is 22.9 Å². The summed E-state index contributed by atoms with van der Waals surface area (Å²) in [5.41, 5.74) is 10.8. The topological polar surface area (TPSA) is 119 Å².